The normalized spacial score (nSPS) is 22.3. The van der Waals surface area contributed by atoms with Crippen molar-refractivity contribution in [2.24, 2.45) is 5.41 Å². The van der Waals surface area contributed by atoms with E-state index < -0.39 is 7.12 Å². The first-order valence-corrected chi connectivity index (χ1v) is 7.84. The zero-order valence-electron chi connectivity index (χ0n) is 12.1. The van der Waals surface area contributed by atoms with Crippen LogP contribution in [0.3, 0.4) is 0 Å². The van der Waals surface area contributed by atoms with Crippen LogP contribution in [0, 0.1) is 5.41 Å². The molecule has 2 fully saturated rings. The van der Waals surface area contributed by atoms with Crippen LogP contribution in [0.4, 0.5) is 0 Å². The first-order chi connectivity index (χ1) is 9.67. The van der Waals surface area contributed by atoms with Crippen LogP contribution >= 0.6 is 0 Å². The molecule has 3 nitrogen and oxygen atoms in total. The van der Waals surface area contributed by atoms with Gasteiger partial charge in [0.05, 0.1) is 0 Å². The standard InChI is InChI=1S/C16H24BNO2/c19-17(20)15-5-3-14(4-6-15)13-18-11-9-16(10-12-18)7-1-2-8-16/h3-6,19-20H,1-2,7-13H2. The Morgan fingerprint density at radius 2 is 1.55 bits per heavy atom. The zero-order valence-corrected chi connectivity index (χ0v) is 12.1. The van der Waals surface area contributed by atoms with Crippen LogP contribution in [0.15, 0.2) is 24.3 Å². The summed E-state index contributed by atoms with van der Waals surface area (Å²) < 4.78 is 0. The largest absolute Gasteiger partial charge is 0.488 e. The molecular formula is C16H24BNO2. The van der Waals surface area contributed by atoms with Gasteiger partial charge in [-0.15, -0.1) is 0 Å². The van der Waals surface area contributed by atoms with Crippen molar-refractivity contribution in [3.63, 3.8) is 0 Å². The molecule has 1 heterocycles. The third-order valence-electron chi connectivity index (χ3n) is 5.26. The van der Waals surface area contributed by atoms with Crippen LogP contribution in [0.5, 0.6) is 0 Å². The molecule has 1 aromatic carbocycles. The first-order valence-electron chi connectivity index (χ1n) is 7.84. The molecule has 0 atom stereocenters. The van der Waals surface area contributed by atoms with E-state index in [0.717, 1.165) is 6.54 Å². The van der Waals surface area contributed by atoms with Crippen molar-refractivity contribution in [2.75, 3.05) is 13.1 Å². The number of hydrogen-bond acceptors (Lipinski definition) is 3. The number of rotatable bonds is 3. The van der Waals surface area contributed by atoms with Gasteiger partial charge < -0.3 is 10.0 Å². The Kier molecular flexibility index (Phi) is 4.15. The fourth-order valence-electron chi connectivity index (χ4n) is 3.86. The molecular weight excluding hydrogens is 249 g/mol. The Bertz CT molecular complexity index is 430. The van der Waals surface area contributed by atoms with Crippen LogP contribution in [-0.4, -0.2) is 35.2 Å². The van der Waals surface area contributed by atoms with E-state index in [2.05, 4.69) is 4.90 Å². The summed E-state index contributed by atoms with van der Waals surface area (Å²) in [4.78, 5) is 2.54. The molecule has 0 amide bonds. The SMILES string of the molecule is OB(O)c1ccc(CN2CCC3(CCCC3)CC2)cc1. The van der Waals surface area contributed by atoms with E-state index in [1.807, 2.05) is 24.3 Å². The molecule has 1 aliphatic heterocycles. The third kappa shape index (κ3) is 3.08. The van der Waals surface area contributed by atoms with Crippen molar-refractivity contribution in [1.82, 2.24) is 4.90 Å². The van der Waals surface area contributed by atoms with Gasteiger partial charge in [0, 0.05) is 6.54 Å². The summed E-state index contributed by atoms with van der Waals surface area (Å²) in [6.07, 6.45) is 8.49. The average Bonchev–Trinajstić information content (AvgIpc) is 2.91. The molecule has 1 aliphatic carbocycles. The lowest BCUT2D eigenvalue weighted by Crippen LogP contribution is -2.38. The van der Waals surface area contributed by atoms with E-state index in [9.17, 15) is 0 Å². The van der Waals surface area contributed by atoms with Gasteiger partial charge >= 0.3 is 7.12 Å². The van der Waals surface area contributed by atoms with Crippen LogP contribution in [0.2, 0.25) is 0 Å². The lowest BCUT2D eigenvalue weighted by molar-refractivity contribution is 0.103. The second-order valence-electron chi connectivity index (χ2n) is 6.60. The predicted molar refractivity (Wildman–Crippen MR) is 81.7 cm³/mol. The van der Waals surface area contributed by atoms with Crippen LogP contribution < -0.4 is 5.46 Å². The molecule has 1 saturated heterocycles. The fourth-order valence-corrected chi connectivity index (χ4v) is 3.86. The minimum absolute atomic E-state index is 0.567. The van der Waals surface area contributed by atoms with E-state index in [4.69, 9.17) is 10.0 Å². The van der Waals surface area contributed by atoms with Crippen molar-refractivity contribution in [2.45, 2.75) is 45.1 Å². The fraction of sp³-hybridized carbons (Fsp3) is 0.625. The van der Waals surface area contributed by atoms with E-state index in [1.54, 1.807) is 0 Å². The van der Waals surface area contributed by atoms with Gasteiger partial charge in [-0.3, -0.25) is 4.90 Å². The number of benzene rings is 1. The monoisotopic (exact) mass is 273 g/mol. The maximum atomic E-state index is 9.10. The maximum absolute atomic E-state index is 9.10. The summed E-state index contributed by atoms with van der Waals surface area (Å²) in [6, 6.07) is 7.63. The van der Waals surface area contributed by atoms with Crippen molar-refractivity contribution in [1.29, 1.82) is 0 Å². The summed E-state index contributed by atoms with van der Waals surface area (Å²) in [7, 11) is -1.36. The summed E-state index contributed by atoms with van der Waals surface area (Å²) in [5, 5.41) is 18.2. The van der Waals surface area contributed by atoms with E-state index in [0.29, 0.717) is 10.9 Å². The van der Waals surface area contributed by atoms with E-state index in [-0.39, 0.29) is 0 Å². The molecule has 2 N–H and O–H groups in total. The Morgan fingerprint density at radius 3 is 2.10 bits per heavy atom. The molecule has 2 aliphatic rings. The second kappa shape index (κ2) is 5.88. The lowest BCUT2D eigenvalue weighted by Gasteiger charge is -2.39. The highest BCUT2D eigenvalue weighted by Crippen LogP contribution is 2.46. The highest BCUT2D eigenvalue weighted by molar-refractivity contribution is 6.58. The van der Waals surface area contributed by atoms with Crippen molar-refractivity contribution < 1.29 is 10.0 Å². The smallest absolute Gasteiger partial charge is 0.423 e. The molecule has 108 valence electrons. The Labute approximate surface area is 121 Å². The summed E-state index contributed by atoms with van der Waals surface area (Å²) in [5.74, 6) is 0. The molecule has 0 radical (unpaired) electrons. The van der Waals surface area contributed by atoms with Gasteiger partial charge in [-0.25, -0.2) is 0 Å². The van der Waals surface area contributed by atoms with Gasteiger partial charge in [0.15, 0.2) is 0 Å². The first kappa shape index (κ1) is 14.1. The molecule has 1 saturated carbocycles. The maximum Gasteiger partial charge on any atom is 0.488 e. The zero-order chi connectivity index (χ0) is 14.0. The molecule has 4 heteroatoms. The summed E-state index contributed by atoms with van der Waals surface area (Å²) >= 11 is 0. The van der Waals surface area contributed by atoms with Gasteiger partial charge in [-0.2, -0.15) is 0 Å². The highest BCUT2D eigenvalue weighted by Gasteiger charge is 2.36. The minimum Gasteiger partial charge on any atom is -0.423 e. The van der Waals surface area contributed by atoms with Crippen molar-refractivity contribution in [3.05, 3.63) is 29.8 Å². The summed E-state index contributed by atoms with van der Waals surface area (Å²) in [5.41, 5.74) is 2.51. The second-order valence-corrected chi connectivity index (χ2v) is 6.60. The highest BCUT2D eigenvalue weighted by atomic mass is 16.4. The third-order valence-corrected chi connectivity index (χ3v) is 5.26. The van der Waals surface area contributed by atoms with Gasteiger partial charge in [0.2, 0.25) is 0 Å². The number of likely N-dealkylation sites (tertiary alicyclic amines) is 1. The number of piperidine rings is 1. The Morgan fingerprint density at radius 1 is 0.950 bits per heavy atom. The van der Waals surface area contributed by atoms with Gasteiger partial charge in [0.1, 0.15) is 0 Å². The molecule has 1 aromatic rings. The summed E-state index contributed by atoms with van der Waals surface area (Å²) in [6.45, 7) is 3.41. The molecule has 3 rings (SSSR count). The van der Waals surface area contributed by atoms with Crippen LogP contribution in [-0.2, 0) is 6.54 Å². The molecule has 20 heavy (non-hydrogen) atoms. The molecule has 0 unspecified atom stereocenters. The number of nitrogens with zero attached hydrogens (tertiary/aromatic N) is 1. The number of hydrogen-bond donors (Lipinski definition) is 2. The minimum atomic E-state index is -1.36. The molecule has 0 aromatic heterocycles. The van der Waals surface area contributed by atoms with Crippen LogP contribution in [0.25, 0.3) is 0 Å². The Hall–Kier alpha value is -0.835. The lowest BCUT2D eigenvalue weighted by atomic mass is 9.77. The quantitative estimate of drug-likeness (QED) is 0.821. The molecule has 0 bridgehead atoms. The topological polar surface area (TPSA) is 43.7 Å². The Balaban J connectivity index is 1.54. The van der Waals surface area contributed by atoms with Gasteiger partial charge in [-0.1, -0.05) is 37.1 Å². The van der Waals surface area contributed by atoms with Crippen LogP contribution in [0.1, 0.15) is 44.1 Å². The van der Waals surface area contributed by atoms with Crippen molar-refractivity contribution >= 4 is 12.6 Å². The molecule has 1 spiro atoms. The predicted octanol–water partition coefficient (Wildman–Crippen LogP) is 1.52. The van der Waals surface area contributed by atoms with Gasteiger partial charge in [0.25, 0.3) is 0 Å². The van der Waals surface area contributed by atoms with E-state index in [1.165, 1.54) is 57.2 Å². The average molecular weight is 273 g/mol. The van der Waals surface area contributed by atoms with Crippen molar-refractivity contribution in [3.8, 4) is 0 Å². The van der Waals surface area contributed by atoms with Gasteiger partial charge in [-0.05, 0) is 55.2 Å². The van der Waals surface area contributed by atoms with E-state index >= 15 is 0 Å².